The Kier molecular flexibility index (Phi) is 5.56. The number of amides is 2. The number of nitrogens with one attached hydrogen (secondary N) is 2. The fourth-order valence-corrected chi connectivity index (χ4v) is 2.91. The van der Waals surface area contributed by atoms with Gasteiger partial charge in [0.1, 0.15) is 0 Å². The summed E-state index contributed by atoms with van der Waals surface area (Å²) in [4.78, 5) is 26.3. The number of hydrogen-bond acceptors (Lipinski definition) is 3. The number of carbonyl (C=O) groups is 2. The molecular formula is C19H20ClN3O2. The van der Waals surface area contributed by atoms with Crippen LogP contribution < -0.4 is 10.6 Å². The Morgan fingerprint density at radius 3 is 2.44 bits per heavy atom. The topological polar surface area (TPSA) is 61.4 Å². The molecule has 0 aromatic heterocycles. The van der Waals surface area contributed by atoms with Gasteiger partial charge in [0.05, 0.1) is 6.54 Å². The van der Waals surface area contributed by atoms with Crippen molar-refractivity contribution in [3.8, 4) is 0 Å². The van der Waals surface area contributed by atoms with Crippen LogP contribution in [0.25, 0.3) is 0 Å². The van der Waals surface area contributed by atoms with E-state index in [0.29, 0.717) is 16.3 Å². The minimum atomic E-state index is -0.168. The summed E-state index contributed by atoms with van der Waals surface area (Å²) in [5, 5.41) is 6.46. The van der Waals surface area contributed by atoms with E-state index >= 15 is 0 Å². The molecule has 130 valence electrons. The number of rotatable bonds is 5. The Balaban J connectivity index is 1.55. The summed E-state index contributed by atoms with van der Waals surface area (Å²) < 4.78 is 0. The zero-order chi connectivity index (χ0) is 17.6. The van der Waals surface area contributed by atoms with Crippen LogP contribution in [-0.2, 0) is 4.79 Å². The minimum Gasteiger partial charge on any atom is -0.376 e. The lowest BCUT2D eigenvalue weighted by atomic mass is 10.1. The van der Waals surface area contributed by atoms with Crippen molar-refractivity contribution in [2.75, 3.05) is 30.3 Å². The van der Waals surface area contributed by atoms with Crippen molar-refractivity contribution in [3.63, 3.8) is 0 Å². The van der Waals surface area contributed by atoms with Gasteiger partial charge < -0.3 is 15.5 Å². The fraction of sp³-hybridized carbons (Fsp3) is 0.263. The number of benzene rings is 2. The van der Waals surface area contributed by atoms with Crippen molar-refractivity contribution in [2.24, 2.45) is 0 Å². The van der Waals surface area contributed by atoms with Crippen LogP contribution in [0.4, 0.5) is 11.4 Å². The number of carbonyl (C=O) groups excluding carboxylic acids is 2. The van der Waals surface area contributed by atoms with E-state index in [4.69, 9.17) is 11.6 Å². The SMILES string of the molecule is O=C(CNc1cccc(C(=O)N2CCCC2)c1)Nc1ccc(Cl)cc1. The van der Waals surface area contributed by atoms with Crippen LogP contribution in [-0.4, -0.2) is 36.3 Å². The van der Waals surface area contributed by atoms with Crippen molar-refractivity contribution in [2.45, 2.75) is 12.8 Å². The van der Waals surface area contributed by atoms with Crippen LogP contribution in [0, 0.1) is 0 Å². The molecule has 1 aliphatic rings. The van der Waals surface area contributed by atoms with Gasteiger partial charge >= 0.3 is 0 Å². The molecule has 2 amide bonds. The molecule has 3 rings (SSSR count). The predicted molar refractivity (Wildman–Crippen MR) is 100 cm³/mol. The second-order valence-corrected chi connectivity index (χ2v) is 6.43. The molecule has 1 heterocycles. The highest BCUT2D eigenvalue weighted by atomic mass is 35.5. The van der Waals surface area contributed by atoms with Crippen molar-refractivity contribution in [1.29, 1.82) is 0 Å². The Labute approximate surface area is 152 Å². The van der Waals surface area contributed by atoms with E-state index in [0.717, 1.165) is 31.6 Å². The number of hydrogen-bond donors (Lipinski definition) is 2. The van der Waals surface area contributed by atoms with E-state index in [2.05, 4.69) is 10.6 Å². The Hall–Kier alpha value is -2.53. The van der Waals surface area contributed by atoms with Gasteiger partial charge in [-0.05, 0) is 55.3 Å². The molecule has 2 aromatic rings. The molecule has 25 heavy (non-hydrogen) atoms. The minimum absolute atomic E-state index is 0.0479. The smallest absolute Gasteiger partial charge is 0.253 e. The summed E-state index contributed by atoms with van der Waals surface area (Å²) in [6.07, 6.45) is 2.13. The molecule has 2 N–H and O–H groups in total. The summed E-state index contributed by atoms with van der Waals surface area (Å²) in [5.74, 6) is -0.120. The van der Waals surface area contributed by atoms with Gasteiger partial charge in [-0.15, -0.1) is 0 Å². The molecule has 1 saturated heterocycles. The molecule has 2 aromatic carbocycles. The van der Waals surface area contributed by atoms with E-state index in [1.807, 2.05) is 17.0 Å². The molecule has 0 atom stereocenters. The summed E-state index contributed by atoms with van der Waals surface area (Å²) >= 11 is 5.82. The molecule has 0 saturated carbocycles. The summed E-state index contributed by atoms with van der Waals surface area (Å²) in [7, 11) is 0. The number of likely N-dealkylation sites (tertiary alicyclic amines) is 1. The van der Waals surface area contributed by atoms with Gasteiger partial charge in [0, 0.05) is 35.1 Å². The molecule has 0 spiro atoms. The zero-order valence-electron chi connectivity index (χ0n) is 13.8. The first kappa shape index (κ1) is 17.3. The first-order valence-electron chi connectivity index (χ1n) is 8.30. The molecule has 0 bridgehead atoms. The quantitative estimate of drug-likeness (QED) is 0.859. The van der Waals surface area contributed by atoms with Crippen LogP contribution in [0.15, 0.2) is 48.5 Å². The summed E-state index contributed by atoms with van der Waals surface area (Å²) in [6.45, 7) is 1.75. The molecular weight excluding hydrogens is 338 g/mol. The second kappa shape index (κ2) is 8.03. The average Bonchev–Trinajstić information content (AvgIpc) is 3.16. The highest BCUT2D eigenvalue weighted by molar-refractivity contribution is 6.30. The summed E-state index contributed by atoms with van der Waals surface area (Å²) in [6, 6.07) is 14.2. The fourth-order valence-electron chi connectivity index (χ4n) is 2.79. The standard InChI is InChI=1S/C19H20ClN3O2/c20-15-6-8-16(9-7-15)22-18(24)13-21-17-5-3-4-14(12-17)19(25)23-10-1-2-11-23/h3-9,12,21H,1-2,10-11,13H2,(H,22,24). The highest BCUT2D eigenvalue weighted by Gasteiger charge is 2.19. The van der Waals surface area contributed by atoms with E-state index in [-0.39, 0.29) is 18.4 Å². The maximum absolute atomic E-state index is 12.4. The molecule has 1 aliphatic heterocycles. The third-order valence-corrected chi connectivity index (χ3v) is 4.34. The normalized spacial score (nSPS) is 13.6. The van der Waals surface area contributed by atoms with Gasteiger partial charge in [-0.2, -0.15) is 0 Å². The van der Waals surface area contributed by atoms with Gasteiger partial charge in [-0.1, -0.05) is 17.7 Å². The Bertz CT molecular complexity index is 756. The number of nitrogens with zero attached hydrogens (tertiary/aromatic N) is 1. The third-order valence-electron chi connectivity index (χ3n) is 4.08. The monoisotopic (exact) mass is 357 g/mol. The molecule has 0 radical (unpaired) electrons. The lowest BCUT2D eigenvalue weighted by Crippen LogP contribution is -2.27. The predicted octanol–water partition coefficient (Wildman–Crippen LogP) is 3.63. The number of halogens is 1. The van der Waals surface area contributed by atoms with Crippen LogP contribution in [0.3, 0.4) is 0 Å². The van der Waals surface area contributed by atoms with Crippen LogP contribution in [0.5, 0.6) is 0 Å². The van der Waals surface area contributed by atoms with Gasteiger partial charge in [0.25, 0.3) is 5.91 Å². The Morgan fingerprint density at radius 2 is 1.72 bits per heavy atom. The first-order chi connectivity index (χ1) is 12.1. The Morgan fingerprint density at radius 1 is 1.00 bits per heavy atom. The van der Waals surface area contributed by atoms with E-state index in [1.165, 1.54) is 0 Å². The van der Waals surface area contributed by atoms with Gasteiger partial charge in [-0.3, -0.25) is 9.59 Å². The molecule has 0 unspecified atom stereocenters. The maximum Gasteiger partial charge on any atom is 0.253 e. The lowest BCUT2D eigenvalue weighted by molar-refractivity contribution is -0.114. The number of anilines is 2. The van der Waals surface area contributed by atoms with Crippen molar-refractivity contribution < 1.29 is 9.59 Å². The van der Waals surface area contributed by atoms with Gasteiger partial charge in [-0.25, -0.2) is 0 Å². The van der Waals surface area contributed by atoms with E-state index < -0.39 is 0 Å². The molecule has 1 fully saturated rings. The largest absolute Gasteiger partial charge is 0.376 e. The van der Waals surface area contributed by atoms with E-state index in [1.54, 1.807) is 36.4 Å². The van der Waals surface area contributed by atoms with Crippen molar-refractivity contribution >= 4 is 34.8 Å². The van der Waals surface area contributed by atoms with Gasteiger partial charge in [0.15, 0.2) is 0 Å². The van der Waals surface area contributed by atoms with Gasteiger partial charge in [0.2, 0.25) is 5.91 Å². The highest BCUT2D eigenvalue weighted by Crippen LogP contribution is 2.17. The zero-order valence-corrected chi connectivity index (χ0v) is 14.6. The van der Waals surface area contributed by atoms with Crippen LogP contribution in [0.2, 0.25) is 5.02 Å². The van der Waals surface area contributed by atoms with Crippen LogP contribution in [0.1, 0.15) is 23.2 Å². The molecule has 6 heteroatoms. The summed E-state index contributed by atoms with van der Waals surface area (Å²) in [5.41, 5.74) is 2.08. The molecule has 0 aliphatic carbocycles. The molecule has 5 nitrogen and oxygen atoms in total. The lowest BCUT2D eigenvalue weighted by Gasteiger charge is -2.16. The second-order valence-electron chi connectivity index (χ2n) is 5.99. The average molecular weight is 358 g/mol. The third kappa shape index (κ3) is 4.73. The van der Waals surface area contributed by atoms with Crippen LogP contribution >= 0.6 is 11.6 Å². The first-order valence-corrected chi connectivity index (χ1v) is 8.68. The van der Waals surface area contributed by atoms with E-state index in [9.17, 15) is 9.59 Å². The maximum atomic E-state index is 12.4. The van der Waals surface area contributed by atoms with Crippen molar-refractivity contribution in [1.82, 2.24) is 4.90 Å². The van der Waals surface area contributed by atoms with Crippen molar-refractivity contribution in [3.05, 3.63) is 59.1 Å².